The van der Waals surface area contributed by atoms with Crippen LogP contribution in [-0.2, 0) is 6.18 Å². The van der Waals surface area contributed by atoms with Crippen molar-refractivity contribution in [2.45, 2.75) is 13.1 Å². The van der Waals surface area contributed by atoms with Crippen molar-refractivity contribution in [3.05, 3.63) is 125 Å². The molecule has 242 valence electrons. The molecule has 9 rings (SSSR count). The molecule has 0 aliphatic carbocycles. The van der Waals surface area contributed by atoms with Gasteiger partial charge in [0.2, 0.25) is 5.65 Å². The molecule has 3 aliphatic rings. The number of allylic oxidation sites excluding steroid dienone is 2. The van der Waals surface area contributed by atoms with Crippen molar-refractivity contribution in [2.24, 2.45) is 0 Å². The maximum absolute atomic E-state index is 14.3. The zero-order valence-corrected chi connectivity index (χ0v) is 25.5. The highest BCUT2D eigenvalue weighted by Gasteiger charge is 2.32. The monoisotopic (exact) mass is 660 g/mol. The lowest BCUT2D eigenvalue weighted by atomic mass is 10.1. The van der Waals surface area contributed by atoms with Gasteiger partial charge < -0.3 is 9.97 Å². The van der Waals surface area contributed by atoms with Crippen molar-refractivity contribution in [3.8, 4) is 0 Å². The Morgan fingerprint density at radius 3 is 1.73 bits per heavy atom. The minimum Gasteiger partial charge on any atom is -0.355 e. The number of fused-ring (bicyclic) bond motifs is 11. The van der Waals surface area contributed by atoms with E-state index in [-0.39, 0.29) is 22.5 Å². The van der Waals surface area contributed by atoms with Gasteiger partial charge in [-0.05, 0) is 104 Å². The standard InChI is InChI=1S/C20H14N4.C15H10F4N6/c1-2-14-10-16-5-6-18(23-16)12-20-8-7-19(24-20)11-17-4-3-15(22-17)9-13(1)21-14;1-8-2-3-25(21-6-8)13-14-23-20-7-24(14)11-5-9(15(17,18)19)4-10(16)12(11)22-13/h1-12,21,24H;2-7,21H,1H3. The molecule has 1 aromatic carbocycles. The topological polar surface area (TPSA) is 116 Å². The summed E-state index contributed by atoms with van der Waals surface area (Å²) in [5.41, 5.74) is 10.6. The zero-order valence-electron chi connectivity index (χ0n) is 25.5. The number of aromatic nitrogens is 8. The SMILES string of the molecule is C1=Cc2cc3ccc(cc4nc(cc5ccc(cc1n2)[nH]5)C=C4)[nH]3.CC1=CNN(c2nc3c(F)cc(C(F)(F)F)cc3n3cnnc23)C=C1. The van der Waals surface area contributed by atoms with Gasteiger partial charge in [-0.25, -0.2) is 24.4 Å². The van der Waals surface area contributed by atoms with Crippen LogP contribution >= 0.6 is 0 Å². The van der Waals surface area contributed by atoms with Gasteiger partial charge in [-0.2, -0.15) is 13.2 Å². The number of halogens is 4. The second-order valence-corrected chi connectivity index (χ2v) is 11.4. The Hall–Kier alpha value is -6.57. The summed E-state index contributed by atoms with van der Waals surface area (Å²) >= 11 is 0. The maximum Gasteiger partial charge on any atom is 0.416 e. The van der Waals surface area contributed by atoms with E-state index in [1.165, 1.54) is 15.7 Å². The smallest absolute Gasteiger partial charge is 0.355 e. The molecule has 0 fully saturated rings. The Balaban J connectivity index is 0.000000142. The molecule has 0 spiro atoms. The fraction of sp³-hybridized carbons (Fsp3) is 0.0571. The lowest BCUT2D eigenvalue weighted by molar-refractivity contribution is -0.137. The summed E-state index contributed by atoms with van der Waals surface area (Å²) < 4.78 is 54.5. The predicted octanol–water partition coefficient (Wildman–Crippen LogP) is 7.83. The molecule has 0 saturated heterocycles. The summed E-state index contributed by atoms with van der Waals surface area (Å²) in [6.07, 6.45) is 9.78. The van der Waals surface area contributed by atoms with Crippen LogP contribution in [-0.4, -0.2) is 39.5 Å². The van der Waals surface area contributed by atoms with Gasteiger partial charge in [0, 0.05) is 34.5 Å². The van der Waals surface area contributed by atoms with Crippen LogP contribution in [0.4, 0.5) is 23.4 Å². The van der Waals surface area contributed by atoms with E-state index in [1.54, 1.807) is 18.5 Å². The minimum atomic E-state index is -4.67. The van der Waals surface area contributed by atoms with Crippen molar-refractivity contribution in [1.29, 1.82) is 0 Å². The van der Waals surface area contributed by atoms with Crippen molar-refractivity contribution in [1.82, 2.24) is 44.9 Å². The van der Waals surface area contributed by atoms with Crippen LogP contribution in [0.2, 0.25) is 0 Å². The van der Waals surface area contributed by atoms with Crippen LogP contribution in [0.3, 0.4) is 0 Å². The number of aromatic amines is 2. The van der Waals surface area contributed by atoms with E-state index in [0.29, 0.717) is 6.07 Å². The molecule has 0 radical (unpaired) electrons. The highest BCUT2D eigenvalue weighted by Crippen LogP contribution is 2.34. The third kappa shape index (κ3) is 6.02. The lowest BCUT2D eigenvalue weighted by Gasteiger charge is -2.23. The summed E-state index contributed by atoms with van der Waals surface area (Å²) in [5, 5.41) is 9.09. The summed E-state index contributed by atoms with van der Waals surface area (Å²) in [7, 11) is 0. The van der Waals surface area contributed by atoms with Crippen LogP contribution in [0.25, 0.3) is 63.1 Å². The molecule has 6 aromatic rings. The molecule has 8 bridgehead atoms. The molecule has 14 heteroatoms. The molecule has 8 heterocycles. The van der Waals surface area contributed by atoms with Crippen LogP contribution in [0.15, 0.2) is 91.0 Å². The highest BCUT2D eigenvalue weighted by molar-refractivity contribution is 5.84. The summed E-state index contributed by atoms with van der Waals surface area (Å²) in [4.78, 5) is 20.2. The molecular weight excluding hydrogens is 636 g/mol. The molecule has 49 heavy (non-hydrogen) atoms. The number of nitrogens with zero attached hydrogens (tertiary/aromatic N) is 7. The average molecular weight is 661 g/mol. The van der Waals surface area contributed by atoms with Crippen LogP contribution in [0, 0.1) is 5.82 Å². The first-order valence-corrected chi connectivity index (χ1v) is 15.0. The predicted molar refractivity (Wildman–Crippen MR) is 181 cm³/mol. The Kier molecular flexibility index (Phi) is 7.05. The molecular formula is C35H24F4N10. The lowest BCUT2D eigenvalue weighted by Crippen LogP contribution is -2.32. The van der Waals surface area contributed by atoms with Crippen LogP contribution < -0.4 is 10.4 Å². The quantitative estimate of drug-likeness (QED) is 0.154. The largest absolute Gasteiger partial charge is 0.416 e. The number of nitrogens with one attached hydrogen (secondary N) is 3. The number of benzene rings is 1. The number of rotatable bonds is 1. The van der Waals surface area contributed by atoms with Gasteiger partial charge in [0.1, 0.15) is 11.8 Å². The average Bonchev–Trinajstić information content (AvgIpc) is 3.91. The van der Waals surface area contributed by atoms with Crippen LogP contribution in [0.5, 0.6) is 0 Å². The first-order valence-electron chi connectivity index (χ1n) is 15.0. The summed E-state index contributed by atoms with van der Waals surface area (Å²) in [6.45, 7) is 1.87. The van der Waals surface area contributed by atoms with Crippen LogP contribution in [0.1, 0.15) is 35.3 Å². The molecule has 0 saturated carbocycles. The number of hydrogen-bond acceptors (Lipinski definition) is 7. The van der Waals surface area contributed by atoms with Gasteiger partial charge in [-0.1, -0.05) is 0 Å². The third-order valence-corrected chi connectivity index (χ3v) is 7.78. The number of H-pyrrole nitrogens is 2. The number of hydrogen-bond donors (Lipinski definition) is 3. The summed E-state index contributed by atoms with van der Waals surface area (Å²) in [5.74, 6) is -0.863. The van der Waals surface area contributed by atoms with E-state index >= 15 is 0 Å². The Morgan fingerprint density at radius 1 is 0.694 bits per heavy atom. The maximum atomic E-state index is 14.3. The molecule has 10 nitrogen and oxygen atoms in total. The normalized spacial score (nSPS) is 13.8. The van der Waals surface area contributed by atoms with Gasteiger partial charge in [0.05, 0.1) is 33.9 Å². The van der Waals surface area contributed by atoms with E-state index in [9.17, 15) is 17.6 Å². The highest BCUT2D eigenvalue weighted by atomic mass is 19.4. The van der Waals surface area contributed by atoms with Gasteiger partial charge >= 0.3 is 6.18 Å². The molecule has 0 atom stereocenters. The van der Waals surface area contributed by atoms with Gasteiger partial charge in [0.15, 0.2) is 11.6 Å². The van der Waals surface area contributed by atoms with Crippen molar-refractivity contribution in [3.63, 3.8) is 0 Å². The number of alkyl halides is 3. The van der Waals surface area contributed by atoms with Crippen molar-refractivity contribution >= 4 is 68.9 Å². The van der Waals surface area contributed by atoms with Crippen molar-refractivity contribution < 1.29 is 17.6 Å². The van der Waals surface area contributed by atoms with Crippen molar-refractivity contribution in [2.75, 3.05) is 5.01 Å². The van der Waals surface area contributed by atoms with Gasteiger partial charge in [0.25, 0.3) is 0 Å². The van der Waals surface area contributed by atoms with Gasteiger partial charge in [-0.15, -0.1) is 10.2 Å². The first-order chi connectivity index (χ1) is 23.6. The Labute approximate surface area is 274 Å². The third-order valence-electron chi connectivity index (χ3n) is 7.78. The van der Waals surface area contributed by atoms with E-state index in [0.717, 1.165) is 56.5 Å². The summed E-state index contributed by atoms with van der Waals surface area (Å²) in [6, 6.07) is 17.6. The second kappa shape index (κ2) is 11.6. The molecule has 3 N–H and O–H groups in total. The first kappa shape index (κ1) is 29.8. The number of hydrazine groups is 1. The fourth-order valence-electron chi connectivity index (χ4n) is 5.45. The Morgan fingerprint density at radius 2 is 1.24 bits per heavy atom. The minimum absolute atomic E-state index is 0.0659. The van der Waals surface area contributed by atoms with E-state index in [1.807, 2.05) is 55.5 Å². The number of anilines is 1. The fourth-order valence-corrected chi connectivity index (χ4v) is 5.45. The van der Waals surface area contributed by atoms with E-state index < -0.39 is 17.6 Å². The Bertz CT molecular complexity index is 2390. The molecule has 3 aliphatic heterocycles. The van der Waals surface area contributed by atoms with Gasteiger partial charge in [-0.3, -0.25) is 9.83 Å². The molecule has 5 aromatic heterocycles. The van der Waals surface area contributed by atoms with E-state index in [2.05, 4.69) is 64.8 Å². The molecule has 0 amide bonds. The van der Waals surface area contributed by atoms with E-state index in [4.69, 9.17) is 0 Å². The second-order valence-electron chi connectivity index (χ2n) is 11.4. The zero-order chi connectivity index (χ0) is 33.7. The molecule has 0 unspecified atom stereocenters.